The Morgan fingerprint density at radius 3 is 2.58 bits per heavy atom. The summed E-state index contributed by atoms with van der Waals surface area (Å²) < 4.78 is 25.5. The van der Waals surface area contributed by atoms with E-state index in [-0.39, 0.29) is 10.8 Å². The van der Waals surface area contributed by atoms with E-state index in [0.29, 0.717) is 12.2 Å². The lowest BCUT2D eigenvalue weighted by Gasteiger charge is -2.31. The van der Waals surface area contributed by atoms with Gasteiger partial charge in [-0.05, 0) is 70.1 Å². The lowest BCUT2D eigenvalue weighted by atomic mass is 9.93. The van der Waals surface area contributed by atoms with Crippen LogP contribution in [0.5, 0.6) is 0 Å². The molecule has 0 aliphatic carbocycles. The minimum atomic E-state index is -3.51. The van der Waals surface area contributed by atoms with E-state index in [0.717, 1.165) is 42.7 Å². The Hall–Kier alpha value is -1.48. The van der Waals surface area contributed by atoms with Crippen LogP contribution in [-0.4, -0.2) is 70.9 Å². The fourth-order valence-electron chi connectivity index (χ4n) is 3.13. The maximum atomic E-state index is 12.3. The first-order valence-electron chi connectivity index (χ1n) is 9.02. The monoisotopic (exact) mass is 382 g/mol. The lowest BCUT2D eigenvalue weighted by molar-refractivity contribution is -0.117. The van der Waals surface area contributed by atoms with E-state index in [1.54, 1.807) is 12.1 Å². The summed E-state index contributed by atoms with van der Waals surface area (Å²) in [5.41, 5.74) is 0.502. The molecular formula is C18H30N4O3S. The van der Waals surface area contributed by atoms with Crippen LogP contribution in [0.25, 0.3) is 0 Å². The highest BCUT2D eigenvalue weighted by Gasteiger charge is 2.21. The van der Waals surface area contributed by atoms with Gasteiger partial charge in [-0.3, -0.25) is 9.69 Å². The highest BCUT2D eigenvalue weighted by Crippen LogP contribution is 2.20. The first kappa shape index (κ1) is 20.8. The van der Waals surface area contributed by atoms with E-state index in [4.69, 9.17) is 0 Å². The molecule has 0 radical (unpaired) electrons. The van der Waals surface area contributed by atoms with Gasteiger partial charge in [-0.25, -0.2) is 12.7 Å². The van der Waals surface area contributed by atoms with E-state index >= 15 is 0 Å². The summed E-state index contributed by atoms with van der Waals surface area (Å²) in [7, 11) is 1.43. The largest absolute Gasteiger partial charge is 0.325 e. The van der Waals surface area contributed by atoms with Crippen LogP contribution in [0, 0.1) is 5.92 Å². The van der Waals surface area contributed by atoms with Crippen LogP contribution in [0.1, 0.15) is 19.3 Å². The maximum absolute atomic E-state index is 12.3. The zero-order chi connectivity index (χ0) is 19.2. The molecule has 146 valence electrons. The van der Waals surface area contributed by atoms with Crippen LogP contribution in [-0.2, 0) is 14.8 Å². The zero-order valence-electron chi connectivity index (χ0n) is 15.9. The minimum Gasteiger partial charge on any atom is -0.325 e. The number of carbonyl (C=O) groups is 1. The van der Waals surface area contributed by atoms with Crippen molar-refractivity contribution in [2.45, 2.75) is 24.2 Å². The van der Waals surface area contributed by atoms with Crippen LogP contribution in [0.2, 0.25) is 0 Å². The van der Waals surface area contributed by atoms with Gasteiger partial charge in [0.1, 0.15) is 0 Å². The van der Waals surface area contributed by atoms with Crippen molar-refractivity contribution < 1.29 is 13.2 Å². The van der Waals surface area contributed by atoms with Crippen LogP contribution in [0.3, 0.4) is 0 Å². The van der Waals surface area contributed by atoms with Crippen LogP contribution >= 0.6 is 0 Å². The first-order chi connectivity index (χ1) is 12.3. The molecule has 0 spiro atoms. The fraction of sp³-hybridized carbons (Fsp3) is 0.611. The van der Waals surface area contributed by atoms with Crippen molar-refractivity contribution in [2.24, 2.45) is 5.92 Å². The molecule has 1 aromatic carbocycles. The van der Waals surface area contributed by atoms with Gasteiger partial charge in [0.25, 0.3) is 0 Å². The van der Waals surface area contributed by atoms with Gasteiger partial charge in [0, 0.05) is 19.8 Å². The molecule has 0 bridgehead atoms. The summed E-state index contributed by atoms with van der Waals surface area (Å²) in [6.07, 6.45) is 3.42. The molecule has 1 amide bonds. The third-order valence-electron chi connectivity index (χ3n) is 4.77. The number of benzene rings is 1. The van der Waals surface area contributed by atoms with Crippen molar-refractivity contribution in [3.63, 3.8) is 0 Å². The topological polar surface area (TPSA) is 81.8 Å². The molecule has 2 rings (SSSR count). The van der Waals surface area contributed by atoms with Crippen molar-refractivity contribution in [2.75, 3.05) is 52.6 Å². The quantitative estimate of drug-likeness (QED) is 0.706. The van der Waals surface area contributed by atoms with Crippen LogP contribution in [0.4, 0.5) is 5.69 Å². The number of likely N-dealkylation sites (tertiary alicyclic amines) is 1. The predicted octanol–water partition coefficient (Wildman–Crippen LogP) is 1.20. The average Bonchev–Trinajstić information content (AvgIpc) is 2.61. The van der Waals surface area contributed by atoms with Gasteiger partial charge >= 0.3 is 0 Å². The number of hydrogen-bond donors (Lipinski definition) is 2. The number of nitrogens with zero attached hydrogens (tertiary/aromatic N) is 2. The molecule has 0 aromatic heterocycles. The predicted molar refractivity (Wildman–Crippen MR) is 104 cm³/mol. The van der Waals surface area contributed by atoms with Gasteiger partial charge in [0.2, 0.25) is 15.9 Å². The van der Waals surface area contributed by atoms with Crippen molar-refractivity contribution in [3.05, 3.63) is 24.3 Å². The number of piperidine rings is 1. The highest BCUT2D eigenvalue weighted by molar-refractivity contribution is 7.89. The fourth-order valence-corrected chi connectivity index (χ4v) is 4.08. The van der Waals surface area contributed by atoms with Crippen molar-refractivity contribution in [1.29, 1.82) is 0 Å². The van der Waals surface area contributed by atoms with Gasteiger partial charge in [-0.2, -0.15) is 0 Å². The summed E-state index contributed by atoms with van der Waals surface area (Å²) >= 11 is 0. The molecule has 8 heteroatoms. The molecule has 1 aromatic rings. The Balaban J connectivity index is 1.87. The molecule has 26 heavy (non-hydrogen) atoms. The van der Waals surface area contributed by atoms with E-state index < -0.39 is 10.0 Å². The van der Waals surface area contributed by atoms with E-state index in [9.17, 15) is 13.2 Å². The molecule has 1 aliphatic rings. The molecule has 1 aliphatic heterocycles. The van der Waals surface area contributed by atoms with Gasteiger partial charge in [0.05, 0.1) is 11.4 Å². The molecule has 1 saturated heterocycles. The van der Waals surface area contributed by atoms with Gasteiger partial charge in [-0.1, -0.05) is 6.07 Å². The highest BCUT2D eigenvalue weighted by atomic mass is 32.2. The Morgan fingerprint density at radius 2 is 1.96 bits per heavy atom. The summed E-state index contributed by atoms with van der Waals surface area (Å²) in [6.45, 7) is 3.23. The van der Waals surface area contributed by atoms with Crippen LogP contribution in [0.15, 0.2) is 29.2 Å². The van der Waals surface area contributed by atoms with Crippen LogP contribution < -0.4 is 10.6 Å². The summed E-state index contributed by atoms with van der Waals surface area (Å²) in [6, 6.07) is 6.37. The number of anilines is 1. The van der Waals surface area contributed by atoms with E-state index in [2.05, 4.69) is 15.5 Å². The summed E-state index contributed by atoms with van der Waals surface area (Å²) in [4.78, 5) is 14.6. The van der Waals surface area contributed by atoms with Gasteiger partial charge < -0.3 is 10.6 Å². The number of sulfonamides is 1. The summed E-state index contributed by atoms with van der Waals surface area (Å²) in [5.74, 6) is 0.618. The second kappa shape index (κ2) is 9.45. The zero-order valence-corrected chi connectivity index (χ0v) is 16.7. The Labute approximate surface area is 156 Å². The number of hydrogen-bond acceptors (Lipinski definition) is 5. The van der Waals surface area contributed by atoms with E-state index in [1.165, 1.54) is 32.6 Å². The molecule has 1 fully saturated rings. The Kier molecular flexibility index (Phi) is 7.57. The lowest BCUT2D eigenvalue weighted by Crippen LogP contribution is -2.39. The van der Waals surface area contributed by atoms with Gasteiger partial charge in [0.15, 0.2) is 0 Å². The number of rotatable bonds is 8. The van der Waals surface area contributed by atoms with Crippen molar-refractivity contribution >= 4 is 21.6 Å². The number of nitrogens with one attached hydrogen (secondary N) is 2. The Morgan fingerprint density at radius 1 is 1.27 bits per heavy atom. The Bertz CT molecular complexity index is 698. The smallest absolute Gasteiger partial charge is 0.242 e. The van der Waals surface area contributed by atoms with Crippen molar-refractivity contribution in [3.8, 4) is 0 Å². The maximum Gasteiger partial charge on any atom is 0.242 e. The molecule has 7 nitrogen and oxygen atoms in total. The third kappa shape index (κ3) is 5.77. The number of amides is 1. The molecule has 0 atom stereocenters. The molecule has 2 N–H and O–H groups in total. The molecule has 0 saturated carbocycles. The first-order valence-corrected chi connectivity index (χ1v) is 10.5. The van der Waals surface area contributed by atoms with E-state index in [1.807, 2.05) is 7.05 Å². The molecular weight excluding hydrogens is 352 g/mol. The number of carbonyl (C=O) groups excluding carboxylic acids is 1. The molecule has 1 heterocycles. The molecule has 0 unspecified atom stereocenters. The SMILES string of the molecule is CNCCC1CCN(CC(=O)Nc2cccc(S(=O)(=O)N(C)C)c2)CC1. The standard InChI is InChI=1S/C18H30N4O3S/c1-19-10-7-15-8-11-22(12-9-15)14-18(23)20-16-5-4-6-17(13-16)26(24,25)21(2)3/h4-6,13,15,19H,7-12,14H2,1-3H3,(H,20,23). The second-order valence-electron chi connectivity index (χ2n) is 6.98. The normalized spacial score (nSPS) is 16.8. The average molecular weight is 383 g/mol. The van der Waals surface area contributed by atoms with Crippen molar-refractivity contribution in [1.82, 2.24) is 14.5 Å². The minimum absolute atomic E-state index is 0.113. The van der Waals surface area contributed by atoms with Gasteiger partial charge in [-0.15, -0.1) is 0 Å². The third-order valence-corrected chi connectivity index (χ3v) is 6.58. The second-order valence-corrected chi connectivity index (χ2v) is 9.13. The summed E-state index contributed by atoms with van der Waals surface area (Å²) in [5, 5.41) is 6.00.